The average Bonchev–Trinajstić information content (AvgIpc) is 2.92. The normalized spacial score (nSPS) is 10.5. The first-order valence-corrected chi connectivity index (χ1v) is 11.2. The van der Waals surface area contributed by atoms with Crippen LogP contribution in [0.25, 0.3) is 11.3 Å². The Morgan fingerprint density at radius 2 is 1.33 bits per heavy atom. The summed E-state index contributed by atoms with van der Waals surface area (Å²) < 4.78 is 18.9. The van der Waals surface area contributed by atoms with Crippen LogP contribution in [0, 0.1) is 5.82 Å². The summed E-state index contributed by atoms with van der Waals surface area (Å²) in [5.74, 6) is 1.47. The molecule has 0 bridgehead atoms. The highest BCUT2D eigenvalue weighted by molar-refractivity contribution is 6.04. The molecule has 0 atom stereocenters. The van der Waals surface area contributed by atoms with Gasteiger partial charge in [-0.2, -0.15) is 0 Å². The summed E-state index contributed by atoms with van der Waals surface area (Å²) in [6, 6.07) is 33.4. The van der Waals surface area contributed by atoms with Crippen molar-refractivity contribution in [3.63, 3.8) is 0 Å². The highest BCUT2D eigenvalue weighted by Crippen LogP contribution is 2.23. The van der Waals surface area contributed by atoms with Gasteiger partial charge in [0.15, 0.2) is 5.82 Å². The molecule has 1 aromatic heterocycles. The fraction of sp³-hybridized carbons (Fsp3) is 0. The molecule has 4 aromatic carbocycles. The van der Waals surface area contributed by atoms with E-state index in [9.17, 15) is 9.18 Å². The first-order chi connectivity index (χ1) is 17.6. The van der Waals surface area contributed by atoms with Crippen LogP contribution >= 0.6 is 0 Å². The van der Waals surface area contributed by atoms with Crippen molar-refractivity contribution in [3.8, 4) is 22.8 Å². The van der Waals surface area contributed by atoms with E-state index in [0.29, 0.717) is 28.5 Å². The van der Waals surface area contributed by atoms with Crippen molar-refractivity contribution in [2.75, 3.05) is 10.6 Å². The van der Waals surface area contributed by atoms with Gasteiger partial charge in [0.2, 0.25) is 0 Å². The van der Waals surface area contributed by atoms with Crippen LogP contribution in [0.5, 0.6) is 11.5 Å². The van der Waals surface area contributed by atoms with Crippen molar-refractivity contribution in [3.05, 3.63) is 127 Å². The monoisotopic (exact) mass is 476 g/mol. The quantitative estimate of drug-likeness (QED) is 0.263. The van der Waals surface area contributed by atoms with Crippen LogP contribution in [0.4, 0.5) is 21.6 Å². The highest BCUT2D eigenvalue weighted by atomic mass is 19.1. The van der Waals surface area contributed by atoms with Crippen LogP contribution in [0.15, 0.2) is 115 Å². The smallest absolute Gasteiger partial charge is 0.255 e. The molecule has 0 saturated carbocycles. The predicted molar refractivity (Wildman–Crippen MR) is 138 cm³/mol. The maximum Gasteiger partial charge on any atom is 0.255 e. The molecule has 1 amide bonds. The fourth-order valence-electron chi connectivity index (χ4n) is 3.46. The van der Waals surface area contributed by atoms with Gasteiger partial charge >= 0.3 is 0 Å². The Hall–Kier alpha value is -5.04. The van der Waals surface area contributed by atoms with Gasteiger partial charge in [-0.3, -0.25) is 4.79 Å². The summed E-state index contributed by atoms with van der Waals surface area (Å²) in [5.41, 5.74) is 3.37. The van der Waals surface area contributed by atoms with Crippen molar-refractivity contribution in [2.45, 2.75) is 0 Å². The first-order valence-electron chi connectivity index (χ1n) is 11.2. The second kappa shape index (κ2) is 10.5. The third-order valence-electron chi connectivity index (χ3n) is 5.32. The molecule has 0 fully saturated rings. The van der Waals surface area contributed by atoms with Crippen LogP contribution in [0.1, 0.15) is 10.4 Å². The van der Waals surface area contributed by atoms with Gasteiger partial charge in [0.25, 0.3) is 5.91 Å². The maximum atomic E-state index is 13.1. The van der Waals surface area contributed by atoms with Crippen molar-refractivity contribution in [2.24, 2.45) is 0 Å². The molecular formula is C29H21FN4O2. The minimum atomic E-state index is -0.298. The van der Waals surface area contributed by atoms with Gasteiger partial charge in [0.05, 0.1) is 5.69 Å². The number of para-hydroxylation sites is 1. The number of benzene rings is 4. The summed E-state index contributed by atoms with van der Waals surface area (Å²) in [4.78, 5) is 12.6. The largest absolute Gasteiger partial charge is 0.457 e. The molecule has 7 heteroatoms. The van der Waals surface area contributed by atoms with Gasteiger partial charge in [0, 0.05) is 22.5 Å². The van der Waals surface area contributed by atoms with Crippen LogP contribution in [-0.4, -0.2) is 16.1 Å². The van der Waals surface area contributed by atoms with E-state index in [1.807, 2.05) is 30.3 Å². The van der Waals surface area contributed by atoms with E-state index < -0.39 is 0 Å². The van der Waals surface area contributed by atoms with E-state index in [0.717, 1.165) is 17.0 Å². The minimum absolute atomic E-state index is 0.221. The molecule has 2 N–H and O–H groups in total. The molecular weight excluding hydrogens is 455 g/mol. The number of anilines is 3. The Kier molecular flexibility index (Phi) is 6.62. The summed E-state index contributed by atoms with van der Waals surface area (Å²) in [6.45, 7) is 0. The summed E-state index contributed by atoms with van der Waals surface area (Å²) in [7, 11) is 0. The van der Waals surface area contributed by atoms with Gasteiger partial charge in [-0.05, 0) is 97.1 Å². The zero-order chi connectivity index (χ0) is 24.7. The Morgan fingerprint density at radius 1 is 0.667 bits per heavy atom. The third kappa shape index (κ3) is 5.71. The van der Waals surface area contributed by atoms with Crippen LogP contribution in [0.3, 0.4) is 0 Å². The molecule has 0 saturated heterocycles. The molecule has 0 spiro atoms. The third-order valence-corrected chi connectivity index (χ3v) is 5.32. The van der Waals surface area contributed by atoms with Crippen molar-refractivity contribution in [1.29, 1.82) is 0 Å². The van der Waals surface area contributed by atoms with Crippen LogP contribution in [-0.2, 0) is 0 Å². The molecule has 1 heterocycles. The molecule has 0 aliphatic rings. The lowest BCUT2D eigenvalue weighted by atomic mass is 10.1. The van der Waals surface area contributed by atoms with Crippen LogP contribution < -0.4 is 15.4 Å². The number of rotatable bonds is 7. The number of nitrogens with one attached hydrogen (secondary N) is 2. The average molecular weight is 477 g/mol. The van der Waals surface area contributed by atoms with E-state index in [1.54, 1.807) is 72.8 Å². The van der Waals surface area contributed by atoms with Gasteiger partial charge in [-0.25, -0.2) is 4.39 Å². The summed E-state index contributed by atoms with van der Waals surface area (Å²) >= 11 is 0. The zero-order valence-electron chi connectivity index (χ0n) is 19.1. The number of aromatic nitrogens is 2. The van der Waals surface area contributed by atoms with Gasteiger partial charge in [0.1, 0.15) is 17.3 Å². The Balaban J connectivity index is 1.17. The maximum absolute atomic E-state index is 13.1. The van der Waals surface area contributed by atoms with Crippen molar-refractivity contribution >= 4 is 23.1 Å². The predicted octanol–water partition coefficient (Wildman–Crippen LogP) is 7.07. The molecule has 176 valence electrons. The Morgan fingerprint density at radius 3 is 2.00 bits per heavy atom. The van der Waals surface area contributed by atoms with E-state index in [4.69, 9.17) is 4.74 Å². The fourth-order valence-corrected chi connectivity index (χ4v) is 3.46. The lowest BCUT2D eigenvalue weighted by molar-refractivity contribution is 0.102. The van der Waals surface area contributed by atoms with Crippen LogP contribution in [0.2, 0.25) is 0 Å². The number of carbonyl (C=O) groups excluding carboxylic acids is 1. The first kappa shape index (κ1) is 22.7. The van der Waals surface area contributed by atoms with Crippen molar-refractivity contribution < 1.29 is 13.9 Å². The summed E-state index contributed by atoms with van der Waals surface area (Å²) in [5, 5.41) is 14.4. The molecule has 0 aliphatic heterocycles. The Labute approximate surface area is 207 Å². The van der Waals surface area contributed by atoms with Gasteiger partial charge in [-0.15, -0.1) is 10.2 Å². The lowest BCUT2D eigenvalue weighted by Gasteiger charge is -2.09. The second-order valence-corrected chi connectivity index (χ2v) is 7.91. The lowest BCUT2D eigenvalue weighted by Crippen LogP contribution is -2.11. The number of amides is 1. The zero-order valence-corrected chi connectivity index (χ0v) is 19.1. The van der Waals surface area contributed by atoms with E-state index >= 15 is 0 Å². The topological polar surface area (TPSA) is 76.1 Å². The SMILES string of the molecule is O=C(Nc1ccc(Oc2ccccc2)cc1)c1ccc(Nc2ccc(-c3ccc(F)cc3)nn2)cc1. The molecule has 0 aliphatic carbocycles. The molecule has 36 heavy (non-hydrogen) atoms. The Bertz CT molecular complexity index is 1440. The van der Waals surface area contributed by atoms with Gasteiger partial charge < -0.3 is 15.4 Å². The summed E-state index contributed by atoms with van der Waals surface area (Å²) in [6.07, 6.45) is 0. The standard InChI is InChI=1S/C29H21FN4O2/c30-22-10-6-20(7-11-22)27-18-19-28(34-33-27)31-23-12-8-21(9-13-23)29(35)32-24-14-16-26(17-15-24)36-25-4-2-1-3-5-25/h1-19H,(H,31,34)(H,32,35). The second-order valence-electron chi connectivity index (χ2n) is 7.91. The molecule has 0 unspecified atom stereocenters. The molecule has 5 aromatic rings. The van der Waals surface area contributed by atoms with E-state index in [1.165, 1.54) is 12.1 Å². The molecule has 5 rings (SSSR count). The number of ether oxygens (including phenoxy) is 1. The van der Waals surface area contributed by atoms with Gasteiger partial charge in [-0.1, -0.05) is 18.2 Å². The molecule has 6 nitrogen and oxygen atoms in total. The number of carbonyl (C=O) groups is 1. The molecule has 0 radical (unpaired) electrons. The number of hydrogen-bond acceptors (Lipinski definition) is 5. The van der Waals surface area contributed by atoms with E-state index in [-0.39, 0.29) is 11.7 Å². The number of halogens is 1. The van der Waals surface area contributed by atoms with Crippen molar-refractivity contribution in [1.82, 2.24) is 10.2 Å². The number of nitrogens with zero attached hydrogens (tertiary/aromatic N) is 2. The van der Waals surface area contributed by atoms with E-state index in [2.05, 4.69) is 20.8 Å². The number of hydrogen-bond donors (Lipinski definition) is 2. The highest BCUT2D eigenvalue weighted by Gasteiger charge is 2.08. The minimum Gasteiger partial charge on any atom is -0.457 e.